The van der Waals surface area contributed by atoms with Gasteiger partial charge in [-0.05, 0) is 12.1 Å². The van der Waals surface area contributed by atoms with Crippen LogP contribution in [-0.2, 0) is 0 Å². The highest BCUT2D eigenvalue weighted by Gasteiger charge is 2.10. The monoisotopic (exact) mass is 197 g/mol. The highest BCUT2D eigenvalue weighted by Crippen LogP contribution is 2.39. The van der Waals surface area contributed by atoms with E-state index in [0.717, 1.165) is 0 Å². The van der Waals surface area contributed by atoms with Gasteiger partial charge in [-0.1, -0.05) is 11.6 Å². The minimum absolute atomic E-state index is 0.354. The number of ether oxygens (including phenoxy) is 2. The summed E-state index contributed by atoms with van der Waals surface area (Å²) in [4.78, 5) is 3.27. The number of hydrogen-bond acceptors (Lipinski definition) is 2. The molecule has 0 N–H and O–H groups in total. The summed E-state index contributed by atoms with van der Waals surface area (Å²) in [6, 6.07) is 3.14. The van der Waals surface area contributed by atoms with Crippen molar-refractivity contribution < 1.29 is 9.47 Å². The summed E-state index contributed by atoms with van der Waals surface area (Å²) < 4.78 is 10.0. The SMILES string of the molecule is [C-]#[N+]c1cc(Cl)cc(OC)c1OC. The van der Waals surface area contributed by atoms with Crippen LogP contribution in [0, 0.1) is 6.57 Å². The van der Waals surface area contributed by atoms with Gasteiger partial charge in [0.25, 0.3) is 0 Å². The zero-order valence-electron chi connectivity index (χ0n) is 7.30. The normalized spacial score (nSPS) is 9.08. The summed E-state index contributed by atoms with van der Waals surface area (Å²) in [5, 5.41) is 0.462. The Kier molecular flexibility index (Phi) is 2.99. The Morgan fingerprint density at radius 2 is 2.00 bits per heavy atom. The molecule has 0 saturated carbocycles. The molecule has 0 radical (unpaired) electrons. The quantitative estimate of drug-likeness (QED) is 0.681. The molecule has 0 amide bonds. The highest BCUT2D eigenvalue weighted by atomic mass is 35.5. The molecule has 0 fully saturated rings. The van der Waals surface area contributed by atoms with Crippen molar-refractivity contribution >= 4 is 17.3 Å². The first-order valence-corrected chi connectivity index (χ1v) is 3.89. The average molecular weight is 198 g/mol. The van der Waals surface area contributed by atoms with Gasteiger partial charge in [0.2, 0.25) is 5.69 Å². The number of benzene rings is 1. The fourth-order valence-corrected chi connectivity index (χ4v) is 1.20. The second-order valence-electron chi connectivity index (χ2n) is 2.27. The molecule has 1 aromatic carbocycles. The summed E-state index contributed by atoms with van der Waals surface area (Å²) in [7, 11) is 2.99. The Balaban J connectivity index is 3.36. The van der Waals surface area contributed by atoms with Crippen molar-refractivity contribution in [1.82, 2.24) is 0 Å². The first kappa shape index (κ1) is 9.69. The molecule has 1 rings (SSSR count). The Labute approximate surface area is 81.7 Å². The maximum absolute atomic E-state index is 6.89. The molecule has 0 heterocycles. The fraction of sp³-hybridized carbons (Fsp3) is 0.222. The molecule has 4 heteroatoms. The molecular weight excluding hydrogens is 190 g/mol. The van der Waals surface area contributed by atoms with E-state index in [-0.39, 0.29) is 0 Å². The van der Waals surface area contributed by atoms with Gasteiger partial charge in [0.1, 0.15) is 0 Å². The van der Waals surface area contributed by atoms with E-state index in [1.807, 2.05) is 0 Å². The van der Waals surface area contributed by atoms with E-state index >= 15 is 0 Å². The molecule has 0 bridgehead atoms. The van der Waals surface area contributed by atoms with Crippen LogP contribution < -0.4 is 9.47 Å². The van der Waals surface area contributed by atoms with Gasteiger partial charge in [-0.15, -0.1) is 0 Å². The third-order valence-electron chi connectivity index (χ3n) is 1.54. The lowest BCUT2D eigenvalue weighted by Gasteiger charge is -2.09. The lowest BCUT2D eigenvalue weighted by Crippen LogP contribution is -1.90. The van der Waals surface area contributed by atoms with Crippen molar-refractivity contribution in [2.75, 3.05) is 14.2 Å². The van der Waals surface area contributed by atoms with Crippen molar-refractivity contribution in [3.63, 3.8) is 0 Å². The number of hydrogen-bond donors (Lipinski definition) is 0. The molecule has 0 saturated heterocycles. The van der Waals surface area contributed by atoms with E-state index in [0.29, 0.717) is 22.2 Å². The van der Waals surface area contributed by atoms with E-state index in [4.69, 9.17) is 27.6 Å². The average Bonchev–Trinajstić information content (AvgIpc) is 2.16. The minimum atomic E-state index is 0.354. The van der Waals surface area contributed by atoms with Crippen LogP contribution in [0.4, 0.5) is 5.69 Å². The molecule has 68 valence electrons. The maximum Gasteiger partial charge on any atom is 0.233 e. The van der Waals surface area contributed by atoms with Crippen LogP contribution >= 0.6 is 11.6 Å². The van der Waals surface area contributed by atoms with Crippen molar-refractivity contribution in [1.29, 1.82) is 0 Å². The van der Waals surface area contributed by atoms with Crippen LogP contribution in [0.2, 0.25) is 5.02 Å². The summed E-state index contributed by atoms with van der Waals surface area (Å²) in [5.41, 5.74) is 0.354. The number of halogens is 1. The second kappa shape index (κ2) is 4.01. The van der Waals surface area contributed by atoms with Crippen molar-refractivity contribution in [3.8, 4) is 11.5 Å². The Morgan fingerprint density at radius 1 is 1.31 bits per heavy atom. The van der Waals surface area contributed by atoms with E-state index in [1.54, 1.807) is 6.07 Å². The smallest absolute Gasteiger partial charge is 0.233 e. The van der Waals surface area contributed by atoms with Crippen molar-refractivity contribution in [2.45, 2.75) is 0 Å². The predicted octanol–water partition coefficient (Wildman–Crippen LogP) is 2.91. The van der Waals surface area contributed by atoms with Gasteiger partial charge in [0.15, 0.2) is 11.5 Å². The van der Waals surface area contributed by atoms with E-state index in [2.05, 4.69) is 4.85 Å². The lowest BCUT2D eigenvalue weighted by molar-refractivity contribution is 0.357. The molecule has 13 heavy (non-hydrogen) atoms. The van der Waals surface area contributed by atoms with E-state index < -0.39 is 0 Å². The summed E-state index contributed by atoms with van der Waals surface area (Å²) >= 11 is 5.76. The third-order valence-corrected chi connectivity index (χ3v) is 1.76. The molecule has 1 aromatic rings. The summed E-state index contributed by atoms with van der Waals surface area (Å²) in [6.07, 6.45) is 0. The van der Waals surface area contributed by atoms with Crippen LogP contribution in [0.15, 0.2) is 12.1 Å². The first-order chi connectivity index (χ1) is 6.22. The number of rotatable bonds is 2. The zero-order chi connectivity index (χ0) is 9.84. The first-order valence-electron chi connectivity index (χ1n) is 3.52. The van der Waals surface area contributed by atoms with Crippen LogP contribution in [0.3, 0.4) is 0 Å². The van der Waals surface area contributed by atoms with Crippen molar-refractivity contribution in [2.24, 2.45) is 0 Å². The van der Waals surface area contributed by atoms with Crippen molar-refractivity contribution in [3.05, 3.63) is 28.6 Å². The molecule has 0 aromatic heterocycles. The standard InChI is InChI=1S/C9H8ClNO2/c1-11-7-4-6(10)5-8(12-2)9(7)13-3/h4-5H,2-3H3. The second-order valence-corrected chi connectivity index (χ2v) is 2.71. The Bertz CT molecular complexity index is 357. The Hall–Kier alpha value is -1.40. The Morgan fingerprint density at radius 3 is 2.46 bits per heavy atom. The third kappa shape index (κ3) is 1.85. The minimum Gasteiger partial charge on any atom is -0.504 e. The molecule has 0 aliphatic carbocycles. The predicted molar refractivity (Wildman–Crippen MR) is 50.8 cm³/mol. The lowest BCUT2D eigenvalue weighted by atomic mass is 10.2. The molecule has 0 aliphatic heterocycles. The highest BCUT2D eigenvalue weighted by molar-refractivity contribution is 6.31. The van der Waals surface area contributed by atoms with Gasteiger partial charge in [0, 0.05) is 5.02 Å². The molecule has 3 nitrogen and oxygen atoms in total. The molecule has 0 spiro atoms. The van der Waals surface area contributed by atoms with Crippen LogP contribution in [0.5, 0.6) is 11.5 Å². The van der Waals surface area contributed by atoms with Gasteiger partial charge >= 0.3 is 0 Å². The number of methoxy groups -OCH3 is 2. The van der Waals surface area contributed by atoms with Gasteiger partial charge in [-0.25, -0.2) is 4.85 Å². The summed E-state index contributed by atoms with van der Waals surface area (Å²) in [6.45, 7) is 6.89. The molecule has 0 aliphatic rings. The topological polar surface area (TPSA) is 22.8 Å². The van der Waals surface area contributed by atoms with Crippen LogP contribution in [0.1, 0.15) is 0 Å². The molecule has 0 unspecified atom stereocenters. The van der Waals surface area contributed by atoms with Crippen LogP contribution in [-0.4, -0.2) is 14.2 Å². The van der Waals surface area contributed by atoms with Gasteiger partial charge in [0.05, 0.1) is 20.8 Å². The van der Waals surface area contributed by atoms with Gasteiger partial charge in [-0.3, -0.25) is 0 Å². The van der Waals surface area contributed by atoms with Gasteiger partial charge in [-0.2, -0.15) is 0 Å². The molecular formula is C9H8ClNO2. The molecule has 0 atom stereocenters. The number of nitrogens with zero attached hydrogens (tertiary/aromatic N) is 1. The summed E-state index contributed by atoms with van der Waals surface area (Å²) in [5.74, 6) is 0.892. The fourth-order valence-electron chi connectivity index (χ4n) is 0.995. The van der Waals surface area contributed by atoms with E-state index in [1.165, 1.54) is 20.3 Å². The maximum atomic E-state index is 6.89. The van der Waals surface area contributed by atoms with Gasteiger partial charge < -0.3 is 9.47 Å². The van der Waals surface area contributed by atoms with E-state index in [9.17, 15) is 0 Å². The van der Waals surface area contributed by atoms with Crippen LogP contribution in [0.25, 0.3) is 4.85 Å². The largest absolute Gasteiger partial charge is 0.504 e. The zero-order valence-corrected chi connectivity index (χ0v) is 8.05.